The summed E-state index contributed by atoms with van der Waals surface area (Å²) in [7, 11) is 0. The third kappa shape index (κ3) is 12.8. The van der Waals surface area contributed by atoms with Crippen molar-refractivity contribution < 1.29 is 0 Å². The number of hydrogen-bond donors (Lipinski definition) is 0. The Labute approximate surface area is 123 Å². The lowest BCUT2D eigenvalue weighted by Gasteiger charge is -2.20. The van der Waals surface area contributed by atoms with E-state index in [4.69, 9.17) is 0 Å². The second kappa shape index (κ2) is 14.4. The quantitative estimate of drug-likeness (QED) is 0.292. The molecule has 1 atom stereocenters. The summed E-state index contributed by atoms with van der Waals surface area (Å²) in [5.74, 6) is 1.83. The van der Waals surface area contributed by atoms with Gasteiger partial charge in [0, 0.05) is 0 Å². The van der Waals surface area contributed by atoms with Gasteiger partial charge in [0.2, 0.25) is 0 Å². The molecular formula is C19H39. The molecule has 0 aromatic carbocycles. The van der Waals surface area contributed by atoms with Crippen LogP contribution in [0.4, 0.5) is 0 Å². The Morgan fingerprint density at radius 2 is 1.32 bits per heavy atom. The van der Waals surface area contributed by atoms with Crippen molar-refractivity contribution in [3.05, 3.63) is 6.42 Å². The first-order valence-corrected chi connectivity index (χ1v) is 9.04. The van der Waals surface area contributed by atoms with Gasteiger partial charge in [-0.3, -0.25) is 0 Å². The minimum atomic E-state index is 0.869. The highest BCUT2D eigenvalue weighted by Gasteiger charge is 2.11. The summed E-state index contributed by atoms with van der Waals surface area (Å²) in [6.45, 7) is 9.39. The molecule has 0 aliphatic carbocycles. The van der Waals surface area contributed by atoms with Crippen molar-refractivity contribution in [3.8, 4) is 0 Å². The Bertz CT molecular complexity index is 159. The van der Waals surface area contributed by atoms with Gasteiger partial charge in [-0.2, -0.15) is 0 Å². The maximum atomic E-state index is 2.56. The zero-order chi connectivity index (χ0) is 14.3. The topological polar surface area (TPSA) is 0 Å². The van der Waals surface area contributed by atoms with Crippen molar-refractivity contribution in [2.75, 3.05) is 0 Å². The third-order valence-corrected chi connectivity index (χ3v) is 4.37. The Hall–Kier alpha value is 0. The van der Waals surface area contributed by atoms with Gasteiger partial charge in [-0.15, -0.1) is 0 Å². The molecule has 1 unspecified atom stereocenters. The Morgan fingerprint density at radius 3 is 1.95 bits per heavy atom. The fourth-order valence-electron chi connectivity index (χ4n) is 2.82. The molecule has 0 heterocycles. The van der Waals surface area contributed by atoms with Crippen molar-refractivity contribution in [3.63, 3.8) is 0 Å². The molecule has 0 amide bonds. The van der Waals surface area contributed by atoms with E-state index in [2.05, 4.69) is 34.1 Å². The molecule has 1 radical (unpaired) electrons. The molecule has 0 spiro atoms. The predicted molar refractivity (Wildman–Crippen MR) is 89.4 cm³/mol. The van der Waals surface area contributed by atoms with Crippen LogP contribution in [0.3, 0.4) is 0 Å². The summed E-state index contributed by atoms with van der Waals surface area (Å²) in [6, 6.07) is 0. The zero-order valence-electron chi connectivity index (χ0n) is 14.2. The maximum absolute atomic E-state index is 2.56. The van der Waals surface area contributed by atoms with Crippen LogP contribution in [0.15, 0.2) is 0 Å². The predicted octanol–water partition coefficient (Wildman–Crippen LogP) is 7.18. The van der Waals surface area contributed by atoms with Crippen LogP contribution in [-0.4, -0.2) is 0 Å². The normalized spacial score (nSPS) is 13.1. The van der Waals surface area contributed by atoms with Crippen LogP contribution in [0, 0.1) is 18.3 Å². The zero-order valence-corrected chi connectivity index (χ0v) is 14.2. The van der Waals surface area contributed by atoms with Gasteiger partial charge >= 0.3 is 0 Å². The van der Waals surface area contributed by atoms with Crippen LogP contribution in [-0.2, 0) is 0 Å². The lowest BCUT2D eigenvalue weighted by Crippen LogP contribution is -2.08. The highest BCUT2D eigenvalue weighted by atomic mass is 14.2. The summed E-state index contributed by atoms with van der Waals surface area (Å²) in [6.07, 6.45) is 19.4. The average Bonchev–Trinajstić information content (AvgIpc) is 2.39. The molecule has 0 heteroatoms. The number of hydrogen-bond acceptors (Lipinski definition) is 0. The van der Waals surface area contributed by atoms with Gasteiger partial charge in [0.15, 0.2) is 0 Å². The van der Waals surface area contributed by atoms with Gasteiger partial charge < -0.3 is 0 Å². The first kappa shape index (κ1) is 19.0. The van der Waals surface area contributed by atoms with E-state index < -0.39 is 0 Å². The Balaban J connectivity index is 3.34. The highest BCUT2D eigenvalue weighted by molar-refractivity contribution is 4.70. The van der Waals surface area contributed by atoms with Crippen molar-refractivity contribution in [2.45, 2.75) is 105 Å². The van der Waals surface area contributed by atoms with Crippen molar-refractivity contribution in [2.24, 2.45) is 11.8 Å². The average molecular weight is 268 g/mol. The molecule has 0 rings (SSSR count). The van der Waals surface area contributed by atoms with Gasteiger partial charge in [0.25, 0.3) is 0 Å². The van der Waals surface area contributed by atoms with E-state index >= 15 is 0 Å². The molecule has 0 aromatic rings. The summed E-state index contributed by atoms with van der Waals surface area (Å²) >= 11 is 0. The van der Waals surface area contributed by atoms with Crippen LogP contribution in [0.2, 0.25) is 0 Å². The summed E-state index contributed by atoms with van der Waals surface area (Å²) in [5.41, 5.74) is 0. The minimum Gasteiger partial charge on any atom is -0.0654 e. The van der Waals surface area contributed by atoms with E-state index in [9.17, 15) is 0 Å². The van der Waals surface area contributed by atoms with Crippen molar-refractivity contribution in [1.29, 1.82) is 0 Å². The number of rotatable bonds is 14. The first-order chi connectivity index (χ1) is 9.22. The highest BCUT2D eigenvalue weighted by Crippen LogP contribution is 2.24. The molecule has 0 bridgehead atoms. The molecular weight excluding hydrogens is 228 g/mol. The van der Waals surface area contributed by atoms with Gasteiger partial charge in [0.1, 0.15) is 0 Å². The van der Waals surface area contributed by atoms with Crippen molar-refractivity contribution >= 4 is 0 Å². The van der Waals surface area contributed by atoms with E-state index in [1.54, 1.807) is 0 Å². The molecule has 0 saturated carbocycles. The second-order valence-electron chi connectivity index (χ2n) is 6.57. The molecule has 115 valence electrons. The molecule has 0 aromatic heterocycles. The monoisotopic (exact) mass is 267 g/mol. The SMILES string of the molecule is CCCCCCCC[CH]CCC(CCCC)C(C)C. The van der Waals surface area contributed by atoms with E-state index in [-0.39, 0.29) is 0 Å². The summed E-state index contributed by atoms with van der Waals surface area (Å²) in [4.78, 5) is 0. The molecule has 0 N–H and O–H groups in total. The summed E-state index contributed by atoms with van der Waals surface area (Å²) in [5, 5.41) is 0. The Kier molecular flexibility index (Phi) is 14.4. The van der Waals surface area contributed by atoms with Crippen molar-refractivity contribution in [1.82, 2.24) is 0 Å². The van der Waals surface area contributed by atoms with Crippen LogP contribution in [0.25, 0.3) is 0 Å². The van der Waals surface area contributed by atoms with E-state index in [1.165, 1.54) is 77.0 Å². The van der Waals surface area contributed by atoms with Gasteiger partial charge in [-0.1, -0.05) is 91.9 Å². The molecule has 0 fully saturated rings. The van der Waals surface area contributed by atoms with Gasteiger partial charge in [0.05, 0.1) is 0 Å². The van der Waals surface area contributed by atoms with Crippen LogP contribution in [0.5, 0.6) is 0 Å². The molecule has 19 heavy (non-hydrogen) atoms. The lowest BCUT2D eigenvalue weighted by molar-refractivity contribution is 0.326. The first-order valence-electron chi connectivity index (χ1n) is 9.04. The Morgan fingerprint density at radius 1 is 0.684 bits per heavy atom. The van der Waals surface area contributed by atoms with Gasteiger partial charge in [-0.05, 0) is 31.1 Å². The fraction of sp³-hybridized carbons (Fsp3) is 0.947. The van der Waals surface area contributed by atoms with E-state index in [0.29, 0.717) is 0 Å². The maximum Gasteiger partial charge on any atom is -0.0386 e. The van der Waals surface area contributed by atoms with Crippen LogP contribution in [0.1, 0.15) is 105 Å². The molecule has 0 saturated heterocycles. The lowest BCUT2D eigenvalue weighted by atomic mass is 9.86. The standard InChI is InChI=1S/C19H39/c1-5-7-9-10-11-12-13-14-15-17-19(18(3)4)16-8-6-2/h14,18-19H,5-13,15-17H2,1-4H3. The smallest absolute Gasteiger partial charge is 0.0386 e. The number of unbranched alkanes of at least 4 members (excludes halogenated alkanes) is 9. The fourth-order valence-corrected chi connectivity index (χ4v) is 2.82. The molecule has 0 nitrogen and oxygen atoms in total. The second-order valence-corrected chi connectivity index (χ2v) is 6.57. The minimum absolute atomic E-state index is 0.869. The molecule has 0 aliphatic rings. The van der Waals surface area contributed by atoms with E-state index in [1.807, 2.05) is 0 Å². The summed E-state index contributed by atoms with van der Waals surface area (Å²) < 4.78 is 0. The van der Waals surface area contributed by atoms with Crippen LogP contribution < -0.4 is 0 Å². The molecule has 0 aliphatic heterocycles. The van der Waals surface area contributed by atoms with Crippen LogP contribution >= 0.6 is 0 Å². The largest absolute Gasteiger partial charge is 0.0654 e. The third-order valence-electron chi connectivity index (χ3n) is 4.37. The van der Waals surface area contributed by atoms with E-state index in [0.717, 1.165) is 11.8 Å². The van der Waals surface area contributed by atoms with Gasteiger partial charge in [-0.25, -0.2) is 0 Å².